The number of carbonyl (C=O) groups excluding carboxylic acids is 1. The second-order valence-corrected chi connectivity index (χ2v) is 5.09. The molecular formula is C15H15N3O3. The summed E-state index contributed by atoms with van der Waals surface area (Å²) in [4.78, 5) is 26.9. The van der Waals surface area contributed by atoms with Gasteiger partial charge in [0.2, 0.25) is 0 Å². The number of carbonyl (C=O) groups is 2. The molecule has 2 N–H and O–H groups in total. The maximum Gasteiger partial charge on any atom is 0.335 e. The van der Waals surface area contributed by atoms with E-state index in [0.29, 0.717) is 18.2 Å². The number of benzene rings is 1. The van der Waals surface area contributed by atoms with Crippen molar-refractivity contribution in [1.82, 2.24) is 14.9 Å². The summed E-state index contributed by atoms with van der Waals surface area (Å²) in [6, 6.07) is 6.39. The molecule has 1 saturated carbocycles. The van der Waals surface area contributed by atoms with Crippen LogP contribution in [0.1, 0.15) is 45.3 Å². The number of aromatic carboxylic acids is 1. The van der Waals surface area contributed by atoms with Crippen LogP contribution in [0.5, 0.6) is 0 Å². The molecule has 0 atom stereocenters. The van der Waals surface area contributed by atoms with E-state index in [2.05, 4.69) is 14.9 Å². The first-order valence-electron chi connectivity index (χ1n) is 6.77. The second kappa shape index (κ2) is 5.40. The Bertz CT molecular complexity index is 672. The van der Waals surface area contributed by atoms with Crippen LogP contribution < -0.4 is 5.32 Å². The summed E-state index contributed by atoms with van der Waals surface area (Å²) in [6.45, 7) is 0.413. The minimum atomic E-state index is -1.00. The van der Waals surface area contributed by atoms with Crippen molar-refractivity contribution < 1.29 is 14.7 Å². The number of nitrogens with one attached hydrogen (secondary N) is 1. The topological polar surface area (TPSA) is 84.2 Å². The summed E-state index contributed by atoms with van der Waals surface area (Å²) in [6.07, 6.45) is 5.87. The quantitative estimate of drug-likeness (QED) is 0.878. The molecule has 0 saturated heterocycles. The maximum absolute atomic E-state index is 12.0. The first-order valence-corrected chi connectivity index (χ1v) is 6.77. The number of amides is 1. The Morgan fingerprint density at radius 1 is 1.24 bits per heavy atom. The zero-order valence-electron chi connectivity index (χ0n) is 11.3. The molecule has 2 aromatic rings. The molecule has 6 heteroatoms. The highest BCUT2D eigenvalue weighted by molar-refractivity contribution is 5.95. The SMILES string of the molecule is O=C(O)c1ccc(C(=O)NCc2cncn2C2CC2)cc1. The van der Waals surface area contributed by atoms with Crippen LogP contribution in [0.3, 0.4) is 0 Å². The Morgan fingerprint density at radius 3 is 2.52 bits per heavy atom. The van der Waals surface area contributed by atoms with Gasteiger partial charge in [0.25, 0.3) is 5.91 Å². The Kier molecular flexibility index (Phi) is 3.43. The Balaban J connectivity index is 1.63. The molecular weight excluding hydrogens is 270 g/mol. The van der Waals surface area contributed by atoms with E-state index >= 15 is 0 Å². The fraction of sp³-hybridized carbons (Fsp3) is 0.267. The van der Waals surface area contributed by atoms with E-state index in [9.17, 15) is 9.59 Å². The van der Waals surface area contributed by atoms with Crippen molar-refractivity contribution in [3.63, 3.8) is 0 Å². The van der Waals surface area contributed by atoms with Crippen molar-refractivity contribution in [1.29, 1.82) is 0 Å². The number of rotatable bonds is 5. The van der Waals surface area contributed by atoms with Crippen LogP contribution >= 0.6 is 0 Å². The average molecular weight is 285 g/mol. The molecule has 3 rings (SSSR count). The standard InChI is InChI=1S/C15H15N3O3/c19-14(10-1-3-11(4-2-10)15(20)21)17-8-13-7-16-9-18(13)12-5-6-12/h1-4,7,9,12H,5-6,8H2,(H,17,19)(H,20,21). The van der Waals surface area contributed by atoms with Crippen LogP contribution in [0, 0.1) is 0 Å². The van der Waals surface area contributed by atoms with Gasteiger partial charge in [-0.25, -0.2) is 9.78 Å². The van der Waals surface area contributed by atoms with E-state index in [1.807, 2.05) is 0 Å². The lowest BCUT2D eigenvalue weighted by molar-refractivity contribution is 0.0696. The molecule has 1 heterocycles. The Hall–Kier alpha value is -2.63. The molecule has 21 heavy (non-hydrogen) atoms. The zero-order valence-corrected chi connectivity index (χ0v) is 11.3. The van der Waals surface area contributed by atoms with Gasteiger partial charge in [-0.05, 0) is 37.1 Å². The van der Waals surface area contributed by atoms with Crippen molar-refractivity contribution in [2.75, 3.05) is 0 Å². The molecule has 1 amide bonds. The molecule has 1 aromatic carbocycles. The molecule has 0 spiro atoms. The molecule has 1 aliphatic carbocycles. The van der Waals surface area contributed by atoms with E-state index in [0.717, 1.165) is 18.5 Å². The monoisotopic (exact) mass is 285 g/mol. The fourth-order valence-corrected chi connectivity index (χ4v) is 2.19. The van der Waals surface area contributed by atoms with Crippen LogP contribution in [-0.2, 0) is 6.54 Å². The highest BCUT2D eigenvalue weighted by Gasteiger charge is 2.25. The molecule has 6 nitrogen and oxygen atoms in total. The third kappa shape index (κ3) is 2.94. The van der Waals surface area contributed by atoms with Gasteiger partial charge in [0.05, 0.1) is 24.1 Å². The van der Waals surface area contributed by atoms with Gasteiger partial charge in [0.1, 0.15) is 0 Å². The molecule has 1 fully saturated rings. The van der Waals surface area contributed by atoms with Crippen molar-refractivity contribution in [3.8, 4) is 0 Å². The number of imidazole rings is 1. The minimum Gasteiger partial charge on any atom is -0.478 e. The van der Waals surface area contributed by atoms with Gasteiger partial charge in [0, 0.05) is 17.8 Å². The predicted octanol–water partition coefficient (Wildman–Crippen LogP) is 1.85. The molecule has 0 bridgehead atoms. The van der Waals surface area contributed by atoms with Crippen LogP contribution in [0.4, 0.5) is 0 Å². The van der Waals surface area contributed by atoms with Crippen LogP contribution in [0.2, 0.25) is 0 Å². The number of carboxylic acid groups (broad SMARTS) is 1. The molecule has 1 aromatic heterocycles. The van der Waals surface area contributed by atoms with Gasteiger partial charge in [-0.3, -0.25) is 4.79 Å². The van der Waals surface area contributed by atoms with Crippen LogP contribution in [-0.4, -0.2) is 26.5 Å². The average Bonchev–Trinajstić information content (AvgIpc) is 3.23. The second-order valence-electron chi connectivity index (χ2n) is 5.09. The summed E-state index contributed by atoms with van der Waals surface area (Å²) < 4.78 is 2.09. The Labute approximate surface area is 121 Å². The number of hydrogen-bond donors (Lipinski definition) is 2. The summed E-state index contributed by atoms with van der Waals surface area (Å²) in [7, 11) is 0. The van der Waals surface area contributed by atoms with Gasteiger partial charge in [-0.1, -0.05) is 0 Å². The van der Waals surface area contributed by atoms with Crippen molar-refractivity contribution in [2.45, 2.75) is 25.4 Å². The van der Waals surface area contributed by atoms with E-state index < -0.39 is 5.97 Å². The largest absolute Gasteiger partial charge is 0.478 e. The number of nitrogens with zero attached hydrogens (tertiary/aromatic N) is 2. The van der Waals surface area contributed by atoms with E-state index in [-0.39, 0.29) is 11.5 Å². The summed E-state index contributed by atoms with van der Waals surface area (Å²) in [5.74, 6) is -1.23. The minimum absolute atomic E-state index is 0.165. The lowest BCUT2D eigenvalue weighted by Crippen LogP contribution is -2.24. The fourth-order valence-electron chi connectivity index (χ4n) is 2.19. The molecule has 0 unspecified atom stereocenters. The number of carboxylic acids is 1. The molecule has 0 radical (unpaired) electrons. The van der Waals surface area contributed by atoms with Gasteiger partial charge >= 0.3 is 5.97 Å². The zero-order chi connectivity index (χ0) is 14.8. The van der Waals surface area contributed by atoms with Gasteiger partial charge < -0.3 is 15.0 Å². The van der Waals surface area contributed by atoms with E-state index in [4.69, 9.17) is 5.11 Å². The molecule has 1 aliphatic rings. The lowest BCUT2D eigenvalue weighted by atomic mass is 10.1. The number of aromatic nitrogens is 2. The van der Waals surface area contributed by atoms with Gasteiger partial charge in [0.15, 0.2) is 0 Å². The maximum atomic E-state index is 12.0. The van der Waals surface area contributed by atoms with Crippen molar-refractivity contribution >= 4 is 11.9 Å². The van der Waals surface area contributed by atoms with Crippen LogP contribution in [0.25, 0.3) is 0 Å². The van der Waals surface area contributed by atoms with Gasteiger partial charge in [-0.2, -0.15) is 0 Å². The third-order valence-corrected chi connectivity index (χ3v) is 3.51. The third-order valence-electron chi connectivity index (χ3n) is 3.51. The first-order chi connectivity index (χ1) is 10.1. The van der Waals surface area contributed by atoms with Crippen molar-refractivity contribution in [2.24, 2.45) is 0 Å². The Morgan fingerprint density at radius 2 is 1.90 bits per heavy atom. The highest BCUT2D eigenvalue weighted by atomic mass is 16.4. The normalized spacial score (nSPS) is 13.9. The predicted molar refractivity (Wildman–Crippen MR) is 75.1 cm³/mol. The lowest BCUT2D eigenvalue weighted by Gasteiger charge is -2.08. The summed E-state index contributed by atoms with van der Waals surface area (Å²) >= 11 is 0. The molecule has 108 valence electrons. The smallest absolute Gasteiger partial charge is 0.335 e. The first kappa shape index (κ1) is 13.4. The van der Waals surface area contributed by atoms with Crippen molar-refractivity contribution in [3.05, 3.63) is 53.6 Å². The van der Waals surface area contributed by atoms with E-state index in [1.165, 1.54) is 24.3 Å². The molecule has 0 aliphatic heterocycles. The summed E-state index contributed by atoms with van der Waals surface area (Å²) in [5, 5.41) is 11.6. The number of hydrogen-bond acceptors (Lipinski definition) is 3. The van der Waals surface area contributed by atoms with Gasteiger partial charge in [-0.15, -0.1) is 0 Å². The highest BCUT2D eigenvalue weighted by Crippen LogP contribution is 2.35. The van der Waals surface area contributed by atoms with E-state index in [1.54, 1.807) is 12.5 Å². The van der Waals surface area contributed by atoms with Crippen LogP contribution in [0.15, 0.2) is 36.8 Å². The summed E-state index contributed by atoms with van der Waals surface area (Å²) in [5.41, 5.74) is 1.59.